The molecular weight excluding hydrogens is 585 g/mol. The summed E-state index contributed by atoms with van der Waals surface area (Å²) in [6, 6.07) is 12.8. The number of alkyl halides is 3. The van der Waals surface area contributed by atoms with Gasteiger partial charge in [0, 0.05) is 31.3 Å². The van der Waals surface area contributed by atoms with E-state index in [-0.39, 0.29) is 5.91 Å². The Morgan fingerprint density at radius 3 is 2.18 bits per heavy atom. The summed E-state index contributed by atoms with van der Waals surface area (Å²) in [5, 5.41) is 16.2. The molecule has 0 saturated carbocycles. The van der Waals surface area contributed by atoms with Crippen molar-refractivity contribution in [2.45, 2.75) is 51.6 Å². The molecule has 2 aromatic rings. The van der Waals surface area contributed by atoms with E-state index in [4.69, 9.17) is 25.6 Å². The van der Waals surface area contributed by atoms with Gasteiger partial charge in [-0.05, 0) is 50.1 Å². The number of nitrogens with one attached hydrogen (secondary N) is 1. The Bertz CT molecular complexity index is 1450. The third-order valence-corrected chi connectivity index (χ3v) is 7.26. The SMILES string of the molecule is Cc1cc(C)cc(COc2ccc(C3(N4C=CC(C(N)=O)=CC4)CCN([C@H](C)C(=O)NO)C3=O)cc2)c1.O=C(O)C(F)(F)F. The molecule has 236 valence electrons. The van der Waals surface area contributed by atoms with Crippen molar-refractivity contribution in [2.24, 2.45) is 5.73 Å². The molecule has 0 radical (unpaired) electrons. The Hall–Kier alpha value is -4.85. The lowest BCUT2D eigenvalue weighted by molar-refractivity contribution is -0.192. The van der Waals surface area contributed by atoms with Crippen LogP contribution < -0.4 is 16.0 Å². The Morgan fingerprint density at radius 1 is 1.11 bits per heavy atom. The quantitative estimate of drug-likeness (QED) is 0.259. The smallest absolute Gasteiger partial charge is 0.489 e. The lowest BCUT2D eigenvalue weighted by Crippen LogP contribution is -2.53. The van der Waals surface area contributed by atoms with Crippen molar-refractivity contribution in [1.29, 1.82) is 0 Å². The zero-order valence-electron chi connectivity index (χ0n) is 24.2. The summed E-state index contributed by atoms with van der Waals surface area (Å²) in [7, 11) is 0. The Morgan fingerprint density at radius 2 is 1.70 bits per heavy atom. The van der Waals surface area contributed by atoms with Gasteiger partial charge in [0.05, 0.1) is 0 Å². The van der Waals surface area contributed by atoms with Crippen molar-refractivity contribution < 1.29 is 47.4 Å². The molecule has 1 fully saturated rings. The maximum absolute atomic E-state index is 13.9. The van der Waals surface area contributed by atoms with Crippen molar-refractivity contribution in [3.63, 3.8) is 0 Å². The first-order chi connectivity index (χ1) is 20.6. The van der Waals surface area contributed by atoms with Gasteiger partial charge in [0.1, 0.15) is 23.9 Å². The topological polar surface area (TPSA) is 162 Å². The van der Waals surface area contributed by atoms with E-state index in [0.717, 1.165) is 11.1 Å². The highest BCUT2D eigenvalue weighted by Crippen LogP contribution is 2.42. The lowest BCUT2D eigenvalue weighted by Gasteiger charge is -2.40. The molecule has 2 atom stereocenters. The number of hydroxylamine groups is 1. The average Bonchev–Trinajstić information content (AvgIpc) is 3.32. The monoisotopic (exact) mass is 618 g/mol. The van der Waals surface area contributed by atoms with Gasteiger partial charge in [-0.2, -0.15) is 13.2 Å². The summed E-state index contributed by atoms with van der Waals surface area (Å²) in [6.45, 7) is 6.70. The molecule has 4 rings (SSSR count). The fourth-order valence-corrected chi connectivity index (χ4v) is 5.14. The summed E-state index contributed by atoms with van der Waals surface area (Å²) in [5.41, 5.74) is 10.5. The molecule has 11 nitrogen and oxygen atoms in total. The standard InChI is InChI=1S/C28H32N4O5.C2HF3O2/c1-18-14-19(2)16-21(15-18)17-37-24-6-4-23(5-7-24)28(31-11-8-22(9-12-31)25(29)33)10-13-32(27(28)35)20(3)26(34)30-36;3-2(4,5)1(6)7/h4-9,11,14-16,20,36H,10,12-13,17H2,1-3H3,(H2,29,33)(H,30,34);(H,6,7)/t20-,28?;/m1./s1. The second-order valence-electron chi connectivity index (χ2n) is 10.4. The number of carboxylic acids is 1. The summed E-state index contributed by atoms with van der Waals surface area (Å²) in [5.74, 6) is -3.56. The van der Waals surface area contributed by atoms with E-state index < -0.39 is 35.5 Å². The third-order valence-electron chi connectivity index (χ3n) is 7.26. The number of carbonyl (C=O) groups excluding carboxylic acids is 3. The van der Waals surface area contributed by atoms with Crippen LogP contribution >= 0.6 is 0 Å². The van der Waals surface area contributed by atoms with E-state index in [0.29, 0.717) is 37.4 Å². The van der Waals surface area contributed by atoms with Crippen molar-refractivity contribution in [3.05, 3.63) is 88.6 Å². The number of amides is 3. The maximum Gasteiger partial charge on any atom is 0.490 e. The molecule has 2 aliphatic heterocycles. The number of likely N-dealkylation sites (tertiary alicyclic amines) is 1. The Labute approximate surface area is 251 Å². The van der Waals surface area contributed by atoms with Crippen molar-refractivity contribution in [3.8, 4) is 5.75 Å². The van der Waals surface area contributed by atoms with Crippen molar-refractivity contribution in [2.75, 3.05) is 13.1 Å². The molecule has 3 amide bonds. The molecule has 0 spiro atoms. The van der Waals surface area contributed by atoms with Crippen LogP contribution in [0.4, 0.5) is 13.2 Å². The predicted molar refractivity (Wildman–Crippen MR) is 151 cm³/mol. The first-order valence-electron chi connectivity index (χ1n) is 13.4. The number of benzene rings is 2. The summed E-state index contributed by atoms with van der Waals surface area (Å²) < 4.78 is 37.7. The van der Waals surface area contributed by atoms with Gasteiger partial charge in [-0.25, -0.2) is 10.3 Å². The maximum atomic E-state index is 13.9. The van der Waals surface area contributed by atoms with Crippen molar-refractivity contribution >= 4 is 23.7 Å². The molecule has 2 aromatic carbocycles. The van der Waals surface area contributed by atoms with Crippen LogP contribution in [0.1, 0.15) is 35.6 Å². The minimum atomic E-state index is -5.08. The molecule has 0 aromatic heterocycles. The van der Waals surface area contributed by atoms with Gasteiger partial charge in [-0.1, -0.05) is 47.5 Å². The van der Waals surface area contributed by atoms with E-state index in [9.17, 15) is 27.6 Å². The van der Waals surface area contributed by atoms with E-state index >= 15 is 0 Å². The zero-order valence-corrected chi connectivity index (χ0v) is 24.2. The van der Waals surface area contributed by atoms with Gasteiger partial charge in [-0.3, -0.25) is 19.6 Å². The average molecular weight is 619 g/mol. The van der Waals surface area contributed by atoms with Crippen molar-refractivity contribution in [1.82, 2.24) is 15.3 Å². The number of hydrogen-bond acceptors (Lipinski definition) is 7. The number of halogens is 3. The van der Waals surface area contributed by atoms with Gasteiger partial charge in [0.25, 0.3) is 11.8 Å². The molecule has 1 saturated heterocycles. The van der Waals surface area contributed by atoms with Gasteiger partial charge in [0.2, 0.25) is 5.91 Å². The van der Waals surface area contributed by atoms with Crippen LogP contribution in [0.2, 0.25) is 0 Å². The molecule has 0 bridgehead atoms. The highest BCUT2D eigenvalue weighted by atomic mass is 19.4. The number of ether oxygens (including phenoxy) is 1. The molecular formula is C30H33F3N4O7. The summed E-state index contributed by atoms with van der Waals surface area (Å²) >= 11 is 0. The number of rotatable bonds is 8. The van der Waals surface area contributed by atoms with Crippen LogP contribution in [0.15, 0.2) is 66.4 Å². The number of aryl methyl sites for hydroxylation is 2. The molecule has 5 N–H and O–H groups in total. The molecule has 44 heavy (non-hydrogen) atoms. The number of carbonyl (C=O) groups is 4. The first-order valence-corrected chi connectivity index (χ1v) is 13.4. The second-order valence-corrected chi connectivity index (χ2v) is 10.4. The highest BCUT2D eigenvalue weighted by Gasteiger charge is 2.53. The Balaban J connectivity index is 0.000000676. The van der Waals surface area contributed by atoms with Crippen LogP contribution in [0.25, 0.3) is 0 Å². The van der Waals surface area contributed by atoms with E-state index in [1.165, 1.54) is 16.0 Å². The lowest BCUT2D eigenvalue weighted by atomic mass is 9.85. The second kappa shape index (κ2) is 13.6. The van der Waals surface area contributed by atoms with E-state index in [1.807, 2.05) is 43.0 Å². The number of hydrogen-bond donors (Lipinski definition) is 4. The number of nitrogens with two attached hydrogens (primary N) is 1. The van der Waals surface area contributed by atoms with Crippen LogP contribution in [-0.2, 0) is 31.3 Å². The summed E-state index contributed by atoms with van der Waals surface area (Å²) in [6.07, 6.45) is 0.296. The third kappa shape index (κ3) is 7.56. The fourth-order valence-electron chi connectivity index (χ4n) is 5.14. The number of primary amides is 1. The normalized spacial score (nSPS) is 18.6. The predicted octanol–water partition coefficient (Wildman–Crippen LogP) is 3.08. The zero-order chi connectivity index (χ0) is 32.8. The number of aliphatic carboxylic acids is 1. The van der Waals surface area contributed by atoms with Gasteiger partial charge in [-0.15, -0.1) is 0 Å². The molecule has 0 aliphatic carbocycles. The van der Waals surface area contributed by atoms with Gasteiger partial charge < -0.3 is 25.4 Å². The largest absolute Gasteiger partial charge is 0.490 e. The molecule has 1 unspecified atom stereocenters. The minimum Gasteiger partial charge on any atom is -0.489 e. The number of nitrogens with zero attached hydrogens (tertiary/aromatic N) is 2. The number of carboxylic acid groups (broad SMARTS) is 1. The van der Waals surface area contributed by atoms with Crippen LogP contribution in [0.5, 0.6) is 5.75 Å². The molecule has 14 heteroatoms. The molecule has 2 aliphatic rings. The molecule has 2 heterocycles. The Kier molecular flexibility index (Phi) is 10.4. The van der Waals surface area contributed by atoms with E-state index in [2.05, 4.69) is 18.2 Å². The summed E-state index contributed by atoms with van der Waals surface area (Å²) in [4.78, 5) is 49.8. The van der Waals surface area contributed by atoms with Gasteiger partial charge in [0.15, 0.2) is 0 Å². The minimum absolute atomic E-state index is 0.270. The van der Waals surface area contributed by atoms with Crippen LogP contribution in [0.3, 0.4) is 0 Å². The van der Waals surface area contributed by atoms with Crippen LogP contribution in [0, 0.1) is 13.8 Å². The highest BCUT2D eigenvalue weighted by molar-refractivity contribution is 5.96. The van der Waals surface area contributed by atoms with E-state index in [1.54, 1.807) is 30.8 Å². The van der Waals surface area contributed by atoms with Gasteiger partial charge >= 0.3 is 12.1 Å². The first kappa shape index (κ1) is 33.6. The fraction of sp³-hybridized carbons (Fsp3) is 0.333. The van der Waals surface area contributed by atoms with Crippen LogP contribution in [-0.4, -0.2) is 69.1 Å².